The normalized spacial score (nSPS) is 15.7. The van der Waals surface area contributed by atoms with Crippen molar-refractivity contribution < 1.29 is 14.6 Å². The molecule has 164 valence electrons. The van der Waals surface area contributed by atoms with Crippen molar-refractivity contribution in [2.45, 2.75) is 44.9 Å². The van der Waals surface area contributed by atoms with Crippen molar-refractivity contribution in [3.63, 3.8) is 0 Å². The molecule has 1 saturated carbocycles. The SMILES string of the molecule is COC(=O)c1cc2cc(C[C@@H](C)NC[C@H](O)c3cccc(Cl)c3)ccc2n1CC1CC1. The number of fused-ring (bicyclic) bond motifs is 1. The third kappa shape index (κ3) is 5.29. The summed E-state index contributed by atoms with van der Waals surface area (Å²) < 4.78 is 7.10. The number of carbonyl (C=O) groups is 1. The lowest BCUT2D eigenvalue weighted by Crippen LogP contribution is -2.32. The van der Waals surface area contributed by atoms with Crippen molar-refractivity contribution in [3.05, 3.63) is 70.4 Å². The second kappa shape index (κ2) is 9.43. The second-order valence-electron chi connectivity index (χ2n) is 8.55. The number of ether oxygens (including phenoxy) is 1. The average molecular weight is 441 g/mol. The van der Waals surface area contributed by atoms with E-state index in [4.69, 9.17) is 16.3 Å². The van der Waals surface area contributed by atoms with E-state index in [1.54, 1.807) is 12.1 Å². The van der Waals surface area contributed by atoms with Crippen LogP contribution >= 0.6 is 11.6 Å². The molecule has 2 atom stereocenters. The molecule has 1 heterocycles. The fraction of sp³-hybridized carbons (Fsp3) is 0.400. The Kier molecular flexibility index (Phi) is 6.65. The summed E-state index contributed by atoms with van der Waals surface area (Å²) in [4.78, 5) is 12.3. The minimum atomic E-state index is -0.609. The zero-order valence-electron chi connectivity index (χ0n) is 18.0. The van der Waals surface area contributed by atoms with Gasteiger partial charge in [-0.2, -0.15) is 0 Å². The molecule has 1 aliphatic carbocycles. The summed E-state index contributed by atoms with van der Waals surface area (Å²) in [6.07, 6.45) is 2.66. The number of benzene rings is 2. The number of hydrogen-bond acceptors (Lipinski definition) is 4. The van der Waals surface area contributed by atoms with Crippen LogP contribution in [0.3, 0.4) is 0 Å². The van der Waals surface area contributed by atoms with Crippen LogP contribution in [0.5, 0.6) is 0 Å². The van der Waals surface area contributed by atoms with Gasteiger partial charge in [-0.25, -0.2) is 4.79 Å². The van der Waals surface area contributed by atoms with Crippen LogP contribution in [0.1, 0.15) is 47.5 Å². The standard InChI is InChI=1S/C25H29ClN2O3/c1-16(27-14-24(29)19-4-3-5-21(26)12-19)10-18-8-9-22-20(11-18)13-23(25(30)31-2)28(22)15-17-6-7-17/h3-5,8-9,11-13,16-17,24,27,29H,6-7,10,14-15H2,1-2H3/t16-,24+/m1/s1. The van der Waals surface area contributed by atoms with Crippen LogP contribution in [0, 0.1) is 5.92 Å². The predicted octanol–water partition coefficient (Wildman–Crippen LogP) is 4.75. The summed E-state index contributed by atoms with van der Waals surface area (Å²) in [5, 5.41) is 15.5. The zero-order chi connectivity index (χ0) is 22.0. The topological polar surface area (TPSA) is 63.5 Å². The van der Waals surface area contributed by atoms with Gasteiger partial charge in [-0.05, 0) is 73.6 Å². The summed E-state index contributed by atoms with van der Waals surface area (Å²) in [6, 6.07) is 15.8. The van der Waals surface area contributed by atoms with Gasteiger partial charge in [-0.1, -0.05) is 29.8 Å². The number of aliphatic hydroxyl groups is 1. The molecule has 0 amide bonds. The van der Waals surface area contributed by atoms with Crippen LogP contribution in [0.2, 0.25) is 5.02 Å². The molecule has 0 spiro atoms. The van der Waals surface area contributed by atoms with Gasteiger partial charge >= 0.3 is 5.97 Å². The van der Waals surface area contributed by atoms with E-state index in [0.29, 0.717) is 23.2 Å². The molecular weight excluding hydrogens is 412 g/mol. The maximum Gasteiger partial charge on any atom is 0.354 e. The smallest absolute Gasteiger partial charge is 0.354 e. The number of halogens is 1. The second-order valence-corrected chi connectivity index (χ2v) is 8.99. The maximum absolute atomic E-state index is 12.3. The first kappa shape index (κ1) is 21.9. The Morgan fingerprint density at radius 2 is 2.06 bits per heavy atom. The Bertz CT molecular complexity index is 1070. The van der Waals surface area contributed by atoms with E-state index in [0.717, 1.165) is 29.4 Å². The van der Waals surface area contributed by atoms with Crippen LogP contribution in [0.15, 0.2) is 48.5 Å². The summed E-state index contributed by atoms with van der Waals surface area (Å²) in [6.45, 7) is 3.42. The summed E-state index contributed by atoms with van der Waals surface area (Å²) in [7, 11) is 1.43. The number of aliphatic hydroxyl groups excluding tert-OH is 1. The van der Waals surface area contributed by atoms with Crippen molar-refractivity contribution in [1.82, 2.24) is 9.88 Å². The highest BCUT2D eigenvalue weighted by atomic mass is 35.5. The van der Waals surface area contributed by atoms with Crippen LogP contribution in [0.4, 0.5) is 0 Å². The van der Waals surface area contributed by atoms with E-state index in [1.807, 2.05) is 18.2 Å². The predicted molar refractivity (Wildman–Crippen MR) is 124 cm³/mol. The quantitative estimate of drug-likeness (QED) is 0.471. The van der Waals surface area contributed by atoms with Crippen LogP contribution in [-0.4, -0.2) is 35.3 Å². The van der Waals surface area contributed by atoms with Crippen LogP contribution < -0.4 is 5.32 Å². The van der Waals surface area contributed by atoms with Crippen molar-refractivity contribution in [2.24, 2.45) is 5.92 Å². The minimum absolute atomic E-state index is 0.180. The van der Waals surface area contributed by atoms with Crippen molar-refractivity contribution >= 4 is 28.5 Å². The number of nitrogens with one attached hydrogen (secondary N) is 1. The highest BCUT2D eigenvalue weighted by molar-refractivity contribution is 6.30. The molecule has 0 unspecified atom stereocenters. The highest BCUT2D eigenvalue weighted by Crippen LogP contribution is 2.33. The third-order valence-corrected chi connectivity index (χ3v) is 6.17. The summed E-state index contributed by atoms with van der Waals surface area (Å²) >= 11 is 6.02. The molecule has 2 aromatic carbocycles. The molecule has 0 saturated heterocycles. The molecular formula is C25H29ClN2O3. The van der Waals surface area contributed by atoms with Crippen molar-refractivity contribution in [1.29, 1.82) is 0 Å². The first-order chi connectivity index (χ1) is 14.9. The molecule has 1 aromatic heterocycles. The molecule has 1 aliphatic rings. The lowest BCUT2D eigenvalue weighted by Gasteiger charge is -2.18. The third-order valence-electron chi connectivity index (χ3n) is 5.93. The average Bonchev–Trinajstić information content (AvgIpc) is 3.51. The van der Waals surface area contributed by atoms with E-state index in [2.05, 4.69) is 35.0 Å². The fourth-order valence-electron chi connectivity index (χ4n) is 4.05. The molecule has 0 aliphatic heterocycles. The molecule has 3 aromatic rings. The molecule has 5 nitrogen and oxygen atoms in total. The number of carbonyl (C=O) groups excluding carboxylic acids is 1. The van der Waals surface area contributed by atoms with E-state index in [-0.39, 0.29) is 12.0 Å². The van der Waals surface area contributed by atoms with Gasteiger partial charge in [0, 0.05) is 35.1 Å². The monoisotopic (exact) mass is 440 g/mol. The number of aromatic nitrogens is 1. The lowest BCUT2D eigenvalue weighted by atomic mass is 10.0. The number of hydrogen-bond donors (Lipinski definition) is 2. The first-order valence-electron chi connectivity index (χ1n) is 10.8. The van der Waals surface area contributed by atoms with E-state index < -0.39 is 6.10 Å². The first-order valence-corrected chi connectivity index (χ1v) is 11.2. The van der Waals surface area contributed by atoms with Gasteiger partial charge in [-0.15, -0.1) is 0 Å². The molecule has 0 bridgehead atoms. The van der Waals surface area contributed by atoms with Gasteiger partial charge < -0.3 is 19.7 Å². The Labute approximate surface area is 188 Å². The molecule has 4 rings (SSSR count). The lowest BCUT2D eigenvalue weighted by molar-refractivity contribution is 0.0588. The van der Waals surface area contributed by atoms with Gasteiger partial charge in [0.25, 0.3) is 0 Å². The van der Waals surface area contributed by atoms with E-state index in [9.17, 15) is 9.90 Å². The number of esters is 1. The fourth-order valence-corrected chi connectivity index (χ4v) is 4.25. The number of methoxy groups -OCH3 is 1. The van der Waals surface area contributed by atoms with Gasteiger partial charge in [-0.3, -0.25) is 0 Å². The molecule has 31 heavy (non-hydrogen) atoms. The summed E-state index contributed by atoms with van der Waals surface area (Å²) in [5.74, 6) is 0.372. The van der Waals surface area contributed by atoms with Gasteiger partial charge in [0.15, 0.2) is 0 Å². The molecule has 6 heteroatoms. The minimum Gasteiger partial charge on any atom is -0.464 e. The highest BCUT2D eigenvalue weighted by Gasteiger charge is 2.25. The molecule has 1 fully saturated rings. The maximum atomic E-state index is 12.3. The Hall–Kier alpha value is -2.34. The summed E-state index contributed by atoms with van der Waals surface area (Å²) in [5.41, 5.74) is 3.69. The van der Waals surface area contributed by atoms with Gasteiger partial charge in [0.1, 0.15) is 5.69 Å². The number of rotatable bonds is 9. The van der Waals surface area contributed by atoms with Crippen LogP contribution in [0.25, 0.3) is 10.9 Å². The molecule has 2 N–H and O–H groups in total. The number of nitrogens with zero attached hydrogens (tertiary/aromatic N) is 1. The largest absolute Gasteiger partial charge is 0.464 e. The van der Waals surface area contributed by atoms with Gasteiger partial charge in [0.2, 0.25) is 0 Å². The van der Waals surface area contributed by atoms with Crippen molar-refractivity contribution in [2.75, 3.05) is 13.7 Å². The van der Waals surface area contributed by atoms with E-state index >= 15 is 0 Å². The Morgan fingerprint density at radius 3 is 2.77 bits per heavy atom. The van der Waals surface area contributed by atoms with E-state index in [1.165, 1.54) is 25.5 Å². The Morgan fingerprint density at radius 1 is 1.26 bits per heavy atom. The van der Waals surface area contributed by atoms with Crippen LogP contribution in [-0.2, 0) is 17.7 Å². The van der Waals surface area contributed by atoms with Crippen molar-refractivity contribution in [3.8, 4) is 0 Å². The molecule has 0 radical (unpaired) electrons. The Balaban J connectivity index is 1.43. The zero-order valence-corrected chi connectivity index (χ0v) is 18.7. The van der Waals surface area contributed by atoms with Gasteiger partial charge in [0.05, 0.1) is 13.2 Å².